The van der Waals surface area contributed by atoms with Crippen LogP contribution in [-0.2, 0) is 11.2 Å². The fourth-order valence-electron chi connectivity index (χ4n) is 4.34. The Balaban J connectivity index is 1.46. The summed E-state index contributed by atoms with van der Waals surface area (Å²) in [6, 6.07) is 6.39. The number of fused-ring (bicyclic) bond motifs is 2. The van der Waals surface area contributed by atoms with Crippen molar-refractivity contribution < 1.29 is 4.79 Å². The molecule has 0 aromatic heterocycles. The summed E-state index contributed by atoms with van der Waals surface area (Å²) in [6.45, 7) is 0.916. The smallest absolute Gasteiger partial charge is 0.226 e. The fraction of sp³-hybridized carbons (Fsp3) is 0.500. The SMILES string of the molecule is O=C1C(Cc2ccc(Br)cc2Cl)CCN1C1CC2C=CC1C2. The van der Waals surface area contributed by atoms with Gasteiger partial charge in [-0.15, -0.1) is 0 Å². The van der Waals surface area contributed by atoms with Crippen LogP contribution < -0.4 is 0 Å². The summed E-state index contributed by atoms with van der Waals surface area (Å²) < 4.78 is 0.981. The number of carbonyl (C=O) groups excluding carboxylic acids is 1. The van der Waals surface area contributed by atoms with Crippen molar-refractivity contribution in [3.8, 4) is 0 Å². The number of benzene rings is 1. The van der Waals surface area contributed by atoms with Gasteiger partial charge in [0.2, 0.25) is 5.91 Å². The van der Waals surface area contributed by atoms with Gasteiger partial charge in [-0.1, -0.05) is 45.7 Å². The van der Waals surface area contributed by atoms with Crippen LogP contribution in [0.2, 0.25) is 5.02 Å². The van der Waals surface area contributed by atoms with Crippen LogP contribution in [0.5, 0.6) is 0 Å². The molecule has 0 spiro atoms. The quantitative estimate of drug-likeness (QED) is 0.709. The van der Waals surface area contributed by atoms with Gasteiger partial charge in [0.1, 0.15) is 0 Å². The number of allylic oxidation sites excluding steroid dienone is 1. The molecule has 1 heterocycles. The molecule has 116 valence electrons. The van der Waals surface area contributed by atoms with E-state index in [0.29, 0.717) is 23.8 Å². The van der Waals surface area contributed by atoms with Gasteiger partial charge in [0, 0.05) is 28.0 Å². The maximum atomic E-state index is 12.8. The molecule has 4 unspecified atom stereocenters. The monoisotopic (exact) mass is 379 g/mol. The van der Waals surface area contributed by atoms with Crippen LogP contribution in [0.15, 0.2) is 34.8 Å². The van der Waals surface area contributed by atoms with Gasteiger partial charge in [0.15, 0.2) is 0 Å². The zero-order valence-corrected chi connectivity index (χ0v) is 14.7. The summed E-state index contributed by atoms with van der Waals surface area (Å²) in [4.78, 5) is 15.0. The molecule has 2 nitrogen and oxygen atoms in total. The Morgan fingerprint density at radius 2 is 2.14 bits per heavy atom. The highest BCUT2D eigenvalue weighted by atomic mass is 79.9. The van der Waals surface area contributed by atoms with E-state index in [2.05, 4.69) is 33.0 Å². The van der Waals surface area contributed by atoms with Crippen molar-refractivity contribution in [3.05, 3.63) is 45.4 Å². The van der Waals surface area contributed by atoms with Crippen molar-refractivity contribution in [3.63, 3.8) is 0 Å². The molecule has 2 bridgehead atoms. The van der Waals surface area contributed by atoms with E-state index in [1.807, 2.05) is 18.2 Å². The van der Waals surface area contributed by atoms with Crippen molar-refractivity contribution in [2.75, 3.05) is 6.54 Å². The topological polar surface area (TPSA) is 20.3 Å². The Bertz CT molecular complexity index is 644. The minimum atomic E-state index is 0.0989. The molecule has 1 aliphatic heterocycles. The number of nitrogens with zero attached hydrogens (tertiary/aromatic N) is 1. The van der Waals surface area contributed by atoms with E-state index in [9.17, 15) is 4.79 Å². The maximum Gasteiger partial charge on any atom is 0.226 e. The number of carbonyl (C=O) groups is 1. The van der Waals surface area contributed by atoms with Gasteiger partial charge in [0.05, 0.1) is 0 Å². The Morgan fingerprint density at radius 1 is 1.27 bits per heavy atom. The molecular formula is C18H19BrClNO. The van der Waals surface area contributed by atoms with Crippen LogP contribution in [0.1, 0.15) is 24.8 Å². The van der Waals surface area contributed by atoms with Gasteiger partial charge >= 0.3 is 0 Å². The minimum Gasteiger partial charge on any atom is -0.339 e. The molecule has 2 fully saturated rings. The number of likely N-dealkylation sites (tertiary alicyclic amines) is 1. The molecule has 22 heavy (non-hydrogen) atoms. The molecule has 4 rings (SSSR count). The lowest BCUT2D eigenvalue weighted by molar-refractivity contribution is -0.133. The highest BCUT2D eigenvalue weighted by Crippen LogP contribution is 2.43. The molecular weight excluding hydrogens is 362 g/mol. The van der Waals surface area contributed by atoms with E-state index >= 15 is 0 Å². The second-order valence-electron chi connectivity index (χ2n) is 6.80. The lowest BCUT2D eigenvalue weighted by Gasteiger charge is -2.29. The van der Waals surface area contributed by atoms with Gasteiger partial charge in [0.25, 0.3) is 0 Å². The third-order valence-corrected chi connectivity index (χ3v) is 6.32. The lowest BCUT2D eigenvalue weighted by atomic mass is 9.97. The summed E-state index contributed by atoms with van der Waals surface area (Å²) in [5.74, 6) is 1.75. The highest BCUT2D eigenvalue weighted by Gasteiger charge is 2.44. The number of halogens is 2. The molecule has 1 saturated carbocycles. The molecule has 4 atom stereocenters. The average molecular weight is 381 g/mol. The third kappa shape index (κ3) is 2.52. The lowest BCUT2D eigenvalue weighted by Crippen LogP contribution is -2.40. The average Bonchev–Trinajstić information content (AvgIpc) is 3.18. The molecule has 0 N–H and O–H groups in total. The van der Waals surface area contributed by atoms with E-state index < -0.39 is 0 Å². The zero-order valence-electron chi connectivity index (χ0n) is 12.3. The molecule has 4 heteroatoms. The first-order chi connectivity index (χ1) is 10.6. The molecule has 2 aliphatic carbocycles. The van der Waals surface area contributed by atoms with Gasteiger partial charge in [-0.25, -0.2) is 0 Å². The summed E-state index contributed by atoms with van der Waals surface area (Å²) in [5.41, 5.74) is 1.08. The number of hydrogen-bond acceptors (Lipinski definition) is 1. The highest BCUT2D eigenvalue weighted by molar-refractivity contribution is 9.10. The summed E-state index contributed by atoms with van der Waals surface area (Å²) >= 11 is 9.73. The third-order valence-electron chi connectivity index (χ3n) is 5.48. The van der Waals surface area contributed by atoms with Crippen molar-refractivity contribution in [1.29, 1.82) is 0 Å². The minimum absolute atomic E-state index is 0.0989. The van der Waals surface area contributed by atoms with Crippen LogP contribution in [0.4, 0.5) is 0 Å². The fourth-order valence-corrected chi connectivity index (χ4v) is 5.10. The predicted molar refractivity (Wildman–Crippen MR) is 91.8 cm³/mol. The molecule has 3 aliphatic rings. The summed E-state index contributed by atoms with van der Waals surface area (Å²) in [7, 11) is 0. The molecule has 0 radical (unpaired) electrons. The molecule has 1 amide bonds. The Labute approximate surface area is 144 Å². The Morgan fingerprint density at radius 3 is 2.82 bits per heavy atom. The van der Waals surface area contributed by atoms with Gasteiger partial charge in [-0.2, -0.15) is 0 Å². The predicted octanol–water partition coefficient (Wildman–Crippen LogP) is 4.46. The summed E-state index contributed by atoms with van der Waals surface area (Å²) in [6.07, 6.45) is 8.79. The largest absolute Gasteiger partial charge is 0.339 e. The van der Waals surface area contributed by atoms with E-state index in [-0.39, 0.29) is 5.92 Å². The van der Waals surface area contributed by atoms with Crippen LogP contribution in [0, 0.1) is 17.8 Å². The van der Waals surface area contributed by atoms with Crippen LogP contribution in [0.25, 0.3) is 0 Å². The first-order valence-electron chi connectivity index (χ1n) is 8.04. The second-order valence-corrected chi connectivity index (χ2v) is 8.13. The van der Waals surface area contributed by atoms with E-state index in [1.54, 1.807) is 0 Å². The first kappa shape index (κ1) is 14.8. The number of hydrogen-bond donors (Lipinski definition) is 0. The van der Waals surface area contributed by atoms with Gasteiger partial charge < -0.3 is 4.90 Å². The molecule has 1 saturated heterocycles. The van der Waals surface area contributed by atoms with E-state index in [1.165, 1.54) is 12.8 Å². The Hall–Kier alpha value is -0.800. The van der Waals surface area contributed by atoms with Crippen molar-refractivity contribution in [2.24, 2.45) is 17.8 Å². The second kappa shape index (κ2) is 5.68. The maximum absolute atomic E-state index is 12.8. The van der Waals surface area contributed by atoms with Crippen molar-refractivity contribution in [2.45, 2.75) is 31.7 Å². The standard InChI is InChI=1S/C18H19BrClNO/c19-15-4-3-12(16(20)10-15)9-14-5-6-21(18(14)22)17-8-11-1-2-13(17)7-11/h1-4,10-11,13-14,17H,5-9H2. The number of amides is 1. The Kier molecular flexibility index (Phi) is 3.82. The number of rotatable bonds is 3. The van der Waals surface area contributed by atoms with Crippen LogP contribution in [-0.4, -0.2) is 23.4 Å². The summed E-state index contributed by atoms with van der Waals surface area (Å²) in [5, 5.41) is 0.753. The van der Waals surface area contributed by atoms with Gasteiger partial charge in [-0.05, 0) is 55.2 Å². The first-order valence-corrected chi connectivity index (χ1v) is 9.21. The molecule has 1 aromatic rings. The zero-order chi connectivity index (χ0) is 15.3. The van der Waals surface area contributed by atoms with E-state index in [4.69, 9.17) is 11.6 Å². The molecule has 1 aromatic carbocycles. The van der Waals surface area contributed by atoms with Crippen LogP contribution >= 0.6 is 27.5 Å². The van der Waals surface area contributed by atoms with Crippen molar-refractivity contribution >= 4 is 33.4 Å². The van der Waals surface area contributed by atoms with E-state index in [0.717, 1.165) is 34.4 Å². The normalized spacial score (nSPS) is 33.2. The van der Waals surface area contributed by atoms with Gasteiger partial charge in [-0.3, -0.25) is 4.79 Å². The van der Waals surface area contributed by atoms with Crippen molar-refractivity contribution in [1.82, 2.24) is 4.90 Å². The van der Waals surface area contributed by atoms with Crippen LogP contribution in [0.3, 0.4) is 0 Å².